The summed E-state index contributed by atoms with van der Waals surface area (Å²) < 4.78 is 19.2. The normalized spacial score (nSPS) is 15.6. The number of carbonyl (C=O) groups is 1. The highest BCUT2D eigenvalue weighted by Gasteiger charge is 2.27. The predicted octanol–water partition coefficient (Wildman–Crippen LogP) is 3.53. The molecule has 25 heavy (non-hydrogen) atoms. The van der Waals surface area contributed by atoms with Gasteiger partial charge in [-0.1, -0.05) is 23.9 Å². The molecule has 1 saturated heterocycles. The van der Waals surface area contributed by atoms with Crippen molar-refractivity contribution in [2.24, 2.45) is 0 Å². The number of rotatable bonds is 4. The van der Waals surface area contributed by atoms with E-state index in [9.17, 15) is 9.18 Å². The van der Waals surface area contributed by atoms with Crippen LogP contribution in [-0.4, -0.2) is 46.4 Å². The molecule has 8 heteroatoms. The molecule has 2 aromatic rings. The smallest absolute Gasteiger partial charge is 0.261 e. The molecule has 0 aliphatic carbocycles. The number of methoxy groups -OCH3 is 1. The Labute approximate surface area is 153 Å². The van der Waals surface area contributed by atoms with Crippen molar-refractivity contribution in [2.45, 2.75) is 5.16 Å². The summed E-state index contributed by atoms with van der Waals surface area (Å²) in [6.07, 6.45) is 5.35. The molecule has 1 aliphatic rings. The van der Waals surface area contributed by atoms with Crippen molar-refractivity contribution in [3.63, 3.8) is 0 Å². The number of thioether (sulfide) groups is 2. The molecule has 3 rings (SSSR count). The predicted molar refractivity (Wildman–Crippen MR) is 98.2 cm³/mol. The first-order valence-electron chi connectivity index (χ1n) is 7.50. The first-order chi connectivity index (χ1) is 12.1. The van der Waals surface area contributed by atoms with Gasteiger partial charge in [-0.2, -0.15) is 4.98 Å². The van der Waals surface area contributed by atoms with E-state index in [0.29, 0.717) is 23.1 Å². The van der Waals surface area contributed by atoms with Crippen LogP contribution in [0.5, 0.6) is 5.88 Å². The molecule has 2 heterocycles. The molecule has 1 amide bonds. The maximum Gasteiger partial charge on any atom is 0.261 e. The molecule has 0 radical (unpaired) electrons. The first-order valence-corrected chi connectivity index (χ1v) is 9.71. The largest absolute Gasteiger partial charge is 0.480 e. The van der Waals surface area contributed by atoms with E-state index < -0.39 is 5.82 Å². The Bertz CT molecular complexity index is 829. The molecule has 0 atom stereocenters. The van der Waals surface area contributed by atoms with Gasteiger partial charge in [0.05, 0.1) is 23.3 Å². The van der Waals surface area contributed by atoms with Crippen molar-refractivity contribution in [1.29, 1.82) is 0 Å². The lowest BCUT2D eigenvalue weighted by Crippen LogP contribution is -2.27. The van der Waals surface area contributed by atoms with Gasteiger partial charge in [-0.05, 0) is 24.5 Å². The fourth-order valence-electron chi connectivity index (χ4n) is 2.39. The van der Waals surface area contributed by atoms with Gasteiger partial charge in [-0.25, -0.2) is 9.37 Å². The topological polar surface area (TPSA) is 55.3 Å². The summed E-state index contributed by atoms with van der Waals surface area (Å²) in [5, 5.41) is 1.34. The van der Waals surface area contributed by atoms with E-state index in [0.717, 1.165) is 10.8 Å². The van der Waals surface area contributed by atoms with Crippen LogP contribution in [0.1, 0.15) is 15.9 Å². The highest BCUT2D eigenvalue weighted by molar-refractivity contribution is 8.03. The Morgan fingerprint density at radius 2 is 2.24 bits per heavy atom. The number of benzene rings is 1. The Morgan fingerprint density at radius 1 is 1.44 bits per heavy atom. The lowest BCUT2D eigenvalue weighted by Gasteiger charge is -2.17. The second kappa shape index (κ2) is 7.88. The minimum atomic E-state index is -0.519. The summed E-state index contributed by atoms with van der Waals surface area (Å²) in [5.74, 6) is 0.319. The summed E-state index contributed by atoms with van der Waals surface area (Å²) in [7, 11) is 1.54. The lowest BCUT2D eigenvalue weighted by atomic mass is 10.2. The van der Waals surface area contributed by atoms with Crippen molar-refractivity contribution in [2.75, 3.05) is 25.7 Å². The molecule has 130 valence electrons. The average molecular weight is 377 g/mol. The van der Waals surface area contributed by atoms with Crippen LogP contribution in [0.3, 0.4) is 0 Å². The molecule has 1 aromatic heterocycles. The maximum atomic E-state index is 13.9. The molecule has 0 spiro atoms. The van der Waals surface area contributed by atoms with Crippen LogP contribution in [0, 0.1) is 5.82 Å². The Morgan fingerprint density at radius 3 is 2.96 bits per heavy atom. The summed E-state index contributed by atoms with van der Waals surface area (Å²) >= 11 is 2.95. The van der Waals surface area contributed by atoms with Crippen molar-refractivity contribution in [3.8, 4) is 5.88 Å². The molecule has 0 unspecified atom stereocenters. The number of aromatic nitrogens is 2. The number of carbonyl (C=O) groups excluding carboxylic acids is 1. The van der Waals surface area contributed by atoms with Gasteiger partial charge in [0.15, 0.2) is 5.16 Å². The monoisotopic (exact) mass is 377 g/mol. The third-order valence-electron chi connectivity index (χ3n) is 3.59. The van der Waals surface area contributed by atoms with E-state index in [1.807, 2.05) is 6.26 Å². The number of halogens is 1. The fourth-order valence-corrected chi connectivity index (χ4v) is 3.74. The van der Waals surface area contributed by atoms with Crippen LogP contribution in [0.15, 0.2) is 40.6 Å². The molecule has 1 aliphatic heterocycles. The van der Waals surface area contributed by atoms with Crippen molar-refractivity contribution >= 4 is 35.5 Å². The van der Waals surface area contributed by atoms with Crippen LogP contribution in [0.25, 0.3) is 6.08 Å². The van der Waals surface area contributed by atoms with Crippen LogP contribution < -0.4 is 4.74 Å². The quantitative estimate of drug-likeness (QED) is 0.600. The maximum absolute atomic E-state index is 13.9. The minimum absolute atomic E-state index is 0.0665. The molecule has 0 bridgehead atoms. The molecular formula is C17H16FN3O2S2. The standard InChI is InChI=1S/C17H16FN3O2S2/c1-23-15-11(10-19-17(20-15)24-2)9-14-21(7-8-25-14)16(22)12-5-3-4-6-13(12)18/h3-6,9-10H,7-8H2,1-2H3/b14-9+. The Hall–Kier alpha value is -2.06. The van der Waals surface area contributed by atoms with Gasteiger partial charge in [-0.3, -0.25) is 4.79 Å². The summed E-state index contributed by atoms with van der Waals surface area (Å²) in [6.45, 7) is 0.524. The van der Waals surface area contributed by atoms with Crippen LogP contribution in [0.2, 0.25) is 0 Å². The lowest BCUT2D eigenvalue weighted by molar-refractivity contribution is 0.0826. The van der Waals surface area contributed by atoms with Crippen LogP contribution >= 0.6 is 23.5 Å². The van der Waals surface area contributed by atoms with Gasteiger partial charge in [0, 0.05) is 18.5 Å². The molecular weight excluding hydrogens is 361 g/mol. The highest BCUT2D eigenvalue weighted by Crippen LogP contribution is 2.33. The molecule has 0 saturated carbocycles. The zero-order valence-electron chi connectivity index (χ0n) is 13.7. The number of hydrogen-bond donors (Lipinski definition) is 0. The van der Waals surface area contributed by atoms with Gasteiger partial charge in [0.25, 0.3) is 5.91 Å². The minimum Gasteiger partial charge on any atom is -0.480 e. The fraction of sp³-hybridized carbons (Fsp3) is 0.235. The van der Waals surface area contributed by atoms with Crippen molar-refractivity contribution in [3.05, 3.63) is 52.4 Å². The molecule has 0 N–H and O–H groups in total. The second-order valence-electron chi connectivity index (χ2n) is 5.09. The zero-order chi connectivity index (χ0) is 17.8. The van der Waals surface area contributed by atoms with Gasteiger partial charge in [0.1, 0.15) is 5.82 Å². The first kappa shape index (κ1) is 17.8. The van der Waals surface area contributed by atoms with E-state index in [1.54, 1.807) is 36.4 Å². The van der Waals surface area contributed by atoms with Crippen LogP contribution in [-0.2, 0) is 0 Å². The van der Waals surface area contributed by atoms with E-state index in [1.165, 1.54) is 35.7 Å². The van der Waals surface area contributed by atoms with Crippen molar-refractivity contribution in [1.82, 2.24) is 14.9 Å². The number of ether oxygens (including phenoxy) is 1. The Balaban J connectivity index is 1.93. The average Bonchev–Trinajstić information content (AvgIpc) is 3.10. The number of hydrogen-bond acceptors (Lipinski definition) is 6. The van der Waals surface area contributed by atoms with E-state index in [4.69, 9.17) is 4.74 Å². The number of amides is 1. The summed E-state index contributed by atoms with van der Waals surface area (Å²) in [6, 6.07) is 6.01. The van der Waals surface area contributed by atoms with E-state index in [2.05, 4.69) is 9.97 Å². The third kappa shape index (κ3) is 3.80. The molecule has 1 fully saturated rings. The van der Waals surface area contributed by atoms with Gasteiger partial charge in [-0.15, -0.1) is 11.8 Å². The molecule has 1 aromatic carbocycles. The van der Waals surface area contributed by atoms with Gasteiger partial charge in [0.2, 0.25) is 5.88 Å². The SMILES string of the molecule is COc1nc(SC)ncc1/C=C1/SCCN1C(=O)c1ccccc1F. The van der Waals surface area contributed by atoms with E-state index >= 15 is 0 Å². The third-order valence-corrected chi connectivity index (χ3v) is 5.18. The summed E-state index contributed by atoms with van der Waals surface area (Å²) in [4.78, 5) is 22.8. The number of nitrogens with zero attached hydrogens (tertiary/aromatic N) is 3. The highest BCUT2D eigenvalue weighted by atomic mass is 32.2. The summed E-state index contributed by atoms with van der Waals surface area (Å²) in [5.41, 5.74) is 0.743. The van der Waals surface area contributed by atoms with Crippen molar-refractivity contribution < 1.29 is 13.9 Å². The zero-order valence-corrected chi connectivity index (χ0v) is 15.4. The van der Waals surface area contributed by atoms with Crippen LogP contribution in [0.4, 0.5) is 4.39 Å². The second-order valence-corrected chi connectivity index (χ2v) is 6.98. The Kier molecular flexibility index (Phi) is 5.60. The molecule has 5 nitrogen and oxygen atoms in total. The van der Waals surface area contributed by atoms with Gasteiger partial charge < -0.3 is 9.64 Å². The van der Waals surface area contributed by atoms with E-state index in [-0.39, 0.29) is 11.5 Å². The van der Waals surface area contributed by atoms with Gasteiger partial charge >= 0.3 is 0 Å².